The summed E-state index contributed by atoms with van der Waals surface area (Å²) in [6, 6.07) is 6.82. The molecule has 132 valence electrons. The van der Waals surface area contributed by atoms with Gasteiger partial charge in [0, 0.05) is 32.1 Å². The van der Waals surface area contributed by atoms with Crippen LogP contribution in [0.1, 0.15) is 30.4 Å². The van der Waals surface area contributed by atoms with Crippen molar-refractivity contribution < 1.29 is 9.53 Å². The van der Waals surface area contributed by atoms with Crippen LogP contribution in [0.3, 0.4) is 0 Å². The van der Waals surface area contributed by atoms with Gasteiger partial charge in [-0.3, -0.25) is 4.79 Å². The number of carbonyl (C=O) groups is 1. The van der Waals surface area contributed by atoms with Crippen LogP contribution in [0.15, 0.2) is 18.2 Å². The van der Waals surface area contributed by atoms with Crippen LogP contribution in [-0.4, -0.2) is 62.1 Å². The normalized spacial score (nSPS) is 20.7. The number of likely N-dealkylation sites (N-methyl/N-ethyl adjacent to an activating group) is 2. The molecule has 24 heavy (non-hydrogen) atoms. The smallest absolute Gasteiger partial charge is 0.221 e. The number of hydrogen-bond acceptors (Lipinski definition) is 4. The maximum atomic E-state index is 12.1. The Morgan fingerprint density at radius 3 is 3.12 bits per heavy atom. The van der Waals surface area contributed by atoms with Gasteiger partial charge in [-0.25, -0.2) is 0 Å². The summed E-state index contributed by atoms with van der Waals surface area (Å²) in [5.41, 5.74) is 2.41. The van der Waals surface area contributed by atoms with Crippen molar-refractivity contribution in [2.75, 3.05) is 40.3 Å². The number of rotatable bonds is 6. The molecule has 3 rings (SSSR count). The molecule has 0 saturated carbocycles. The summed E-state index contributed by atoms with van der Waals surface area (Å²) < 4.78 is 5.63. The first-order chi connectivity index (χ1) is 11.6. The van der Waals surface area contributed by atoms with E-state index in [1.165, 1.54) is 12.0 Å². The van der Waals surface area contributed by atoms with E-state index in [1.54, 1.807) is 0 Å². The van der Waals surface area contributed by atoms with Gasteiger partial charge in [-0.1, -0.05) is 12.1 Å². The van der Waals surface area contributed by atoms with Gasteiger partial charge in [-0.2, -0.15) is 0 Å². The van der Waals surface area contributed by atoms with E-state index in [1.807, 2.05) is 12.1 Å². The Hall–Kier alpha value is -1.59. The van der Waals surface area contributed by atoms with Gasteiger partial charge < -0.3 is 19.9 Å². The molecule has 1 aromatic rings. The minimum absolute atomic E-state index is 0.127. The lowest BCUT2D eigenvalue weighted by Crippen LogP contribution is -2.36. The lowest BCUT2D eigenvalue weighted by molar-refractivity contribution is -0.121. The summed E-state index contributed by atoms with van der Waals surface area (Å²) in [4.78, 5) is 16.8. The van der Waals surface area contributed by atoms with Crippen molar-refractivity contribution in [1.29, 1.82) is 0 Å². The first-order valence-corrected chi connectivity index (χ1v) is 9.02. The molecule has 0 unspecified atom stereocenters. The molecule has 0 bridgehead atoms. The highest BCUT2D eigenvalue weighted by atomic mass is 16.5. The first kappa shape index (κ1) is 17.2. The molecule has 2 heterocycles. The second-order valence-electron chi connectivity index (χ2n) is 7.11. The fourth-order valence-corrected chi connectivity index (χ4v) is 3.54. The van der Waals surface area contributed by atoms with E-state index in [2.05, 4.69) is 35.3 Å². The molecule has 0 radical (unpaired) electrons. The SMILES string of the molecule is CN1CC[C@@H](N(C)CCC(=O)NCc2ccc3c(c2)CCCO3)C1. The Morgan fingerprint density at radius 2 is 2.33 bits per heavy atom. The summed E-state index contributed by atoms with van der Waals surface area (Å²) in [6.07, 6.45) is 3.90. The number of carbonyl (C=O) groups excluding carboxylic acids is 1. The zero-order valence-electron chi connectivity index (χ0n) is 14.9. The Morgan fingerprint density at radius 1 is 1.46 bits per heavy atom. The van der Waals surface area contributed by atoms with Crippen molar-refractivity contribution in [2.45, 2.75) is 38.3 Å². The maximum absolute atomic E-state index is 12.1. The van der Waals surface area contributed by atoms with Crippen LogP contribution in [0.4, 0.5) is 0 Å². The van der Waals surface area contributed by atoms with Crippen molar-refractivity contribution in [3.8, 4) is 5.75 Å². The average Bonchev–Trinajstić information content (AvgIpc) is 3.04. The Labute approximate surface area is 145 Å². The largest absolute Gasteiger partial charge is 0.493 e. The van der Waals surface area contributed by atoms with E-state index < -0.39 is 0 Å². The summed E-state index contributed by atoms with van der Waals surface area (Å²) in [7, 11) is 4.28. The third-order valence-electron chi connectivity index (χ3n) is 5.14. The van der Waals surface area contributed by atoms with Gasteiger partial charge in [0.15, 0.2) is 0 Å². The lowest BCUT2D eigenvalue weighted by Gasteiger charge is -2.23. The van der Waals surface area contributed by atoms with Gasteiger partial charge in [-0.05, 0) is 57.1 Å². The second-order valence-corrected chi connectivity index (χ2v) is 7.11. The molecule has 0 aromatic heterocycles. The summed E-state index contributed by atoms with van der Waals surface area (Å²) in [6.45, 7) is 4.50. The van der Waals surface area contributed by atoms with Gasteiger partial charge in [-0.15, -0.1) is 0 Å². The lowest BCUT2D eigenvalue weighted by atomic mass is 10.0. The number of ether oxygens (including phenoxy) is 1. The Balaban J connectivity index is 1.41. The van der Waals surface area contributed by atoms with Crippen LogP contribution in [0, 0.1) is 0 Å². The summed E-state index contributed by atoms with van der Waals surface area (Å²) in [5.74, 6) is 1.13. The van der Waals surface area contributed by atoms with E-state index in [0.717, 1.165) is 50.4 Å². The Bertz CT molecular complexity index is 576. The highest BCUT2D eigenvalue weighted by Crippen LogP contribution is 2.25. The zero-order chi connectivity index (χ0) is 16.9. The second kappa shape index (κ2) is 7.99. The molecular weight excluding hydrogens is 302 g/mol. The van der Waals surface area contributed by atoms with E-state index in [9.17, 15) is 4.79 Å². The minimum atomic E-state index is 0.127. The van der Waals surface area contributed by atoms with E-state index in [4.69, 9.17) is 4.74 Å². The molecule has 5 nitrogen and oxygen atoms in total. The van der Waals surface area contributed by atoms with E-state index in [0.29, 0.717) is 19.0 Å². The molecule has 1 fully saturated rings. The number of likely N-dealkylation sites (tertiary alicyclic amines) is 1. The number of hydrogen-bond donors (Lipinski definition) is 1. The van der Waals surface area contributed by atoms with E-state index >= 15 is 0 Å². The van der Waals surface area contributed by atoms with Crippen molar-refractivity contribution in [1.82, 2.24) is 15.1 Å². The molecule has 0 aliphatic carbocycles. The van der Waals surface area contributed by atoms with Crippen LogP contribution in [0.5, 0.6) is 5.75 Å². The number of fused-ring (bicyclic) bond motifs is 1. The molecule has 0 spiro atoms. The number of amides is 1. The summed E-state index contributed by atoms with van der Waals surface area (Å²) in [5, 5.41) is 3.04. The van der Waals surface area contributed by atoms with Gasteiger partial charge >= 0.3 is 0 Å². The van der Waals surface area contributed by atoms with Crippen LogP contribution in [0.25, 0.3) is 0 Å². The van der Waals surface area contributed by atoms with Crippen LogP contribution < -0.4 is 10.1 Å². The molecule has 5 heteroatoms. The average molecular weight is 331 g/mol. The molecule has 1 amide bonds. The number of aryl methyl sites for hydroxylation is 1. The third-order valence-corrected chi connectivity index (χ3v) is 5.14. The van der Waals surface area contributed by atoms with Gasteiger partial charge in [0.2, 0.25) is 5.91 Å². The number of nitrogens with zero attached hydrogens (tertiary/aromatic N) is 2. The summed E-state index contributed by atoms with van der Waals surface area (Å²) >= 11 is 0. The standard InChI is InChI=1S/C19H29N3O2/c1-21-9-7-17(14-21)22(2)10-8-19(23)20-13-15-5-6-18-16(12-15)4-3-11-24-18/h5-6,12,17H,3-4,7-11,13-14H2,1-2H3,(H,20,23)/t17-/m1/s1. The maximum Gasteiger partial charge on any atom is 0.221 e. The number of benzene rings is 1. The molecule has 1 N–H and O–H groups in total. The van der Waals surface area contributed by atoms with Crippen molar-refractivity contribution in [3.05, 3.63) is 29.3 Å². The molecule has 2 aliphatic heterocycles. The fourth-order valence-electron chi connectivity index (χ4n) is 3.54. The van der Waals surface area contributed by atoms with Crippen molar-refractivity contribution >= 4 is 5.91 Å². The highest BCUT2D eigenvalue weighted by Gasteiger charge is 2.23. The topological polar surface area (TPSA) is 44.8 Å². The third kappa shape index (κ3) is 4.48. The van der Waals surface area contributed by atoms with Crippen LogP contribution in [-0.2, 0) is 17.8 Å². The van der Waals surface area contributed by atoms with Crippen molar-refractivity contribution in [3.63, 3.8) is 0 Å². The molecule has 1 aromatic carbocycles. The van der Waals surface area contributed by atoms with Gasteiger partial charge in [0.05, 0.1) is 6.61 Å². The monoisotopic (exact) mass is 331 g/mol. The molecule has 1 atom stereocenters. The predicted molar refractivity (Wildman–Crippen MR) is 95.3 cm³/mol. The predicted octanol–water partition coefficient (Wildman–Crippen LogP) is 1.65. The van der Waals surface area contributed by atoms with Gasteiger partial charge in [0.25, 0.3) is 0 Å². The Kier molecular flexibility index (Phi) is 5.74. The molecule has 1 saturated heterocycles. The van der Waals surface area contributed by atoms with Crippen molar-refractivity contribution in [2.24, 2.45) is 0 Å². The first-order valence-electron chi connectivity index (χ1n) is 9.02. The van der Waals surface area contributed by atoms with Crippen LogP contribution in [0.2, 0.25) is 0 Å². The van der Waals surface area contributed by atoms with Gasteiger partial charge in [0.1, 0.15) is 5.75 Å². The van der Waals surface area contributed by atoms with E-state index in [-0.39, 0.29) is 5.91 Å². The number of nitrogens with one attached hydrogen (secondary N) is 1. The van der Waals surface area contributed by atoms with Crippen LogP contribution >= 0.6 is 0 Å². The quantitative estimate of drug-likeness (QED) is 0.861. The fraction of sp³-hybridized carbons (Fsp3) is 0.632. The molecule has 2 aliphatic rings. The minimum Gasteiger partial charge on any atom is -0.493 e. The zero-order valence-corrected chi connectivity index (χ0v) is 14.9. The molecular formula is C19H29N3O2. The highest BCUT2D eigenvalue weighted by molar-refractivity contribution is 5.76.